The molecule has 0 aliphatic rings. The van der Waals surface area contributed by atoms with Gasteiger partial charge in [-0.3, -0.25) is 0 Å². The van der Waals surface area contributed by atoms with Gasteiger partial charge >= 0.3 is 0 Å². The Balaban J connectivity index is 3.30. The molecule has 0 rings (SSSR count). The van der Waals surface area contributed by atoms with Crippen LogP contribution in [0.1, 0.15) is 34.1 Å². The predicted octanol–water partition coefficient (Wildman–Crippen LogP) is 2.24. The molecule has 62 valence electrons. The van der Waals surface area contributed by atoms with Gasteiger partial charge in [-0.05, 0) is 24.9 Å². The number of hydrogen-bond acceptors (Lipinski definition) is 2. The molecule has 0 unspecified atom stereocenters. The first kappa shape index (κ1) is 9.92. The van der Waals surface area contributed by atoms with Crippen molar-refractivity contribution in [1.29, 1.82) is 0 Å². The lowest BCUT2D eigenvalue weighted by Crippen LogP contribution is -2.26. The van der Waals surface area contributed by atoms with Gasteiger partial charge in [-0.15, -0.1) is 0 Å². The average Bonchev–Trinajstić information content (AvgIpc) is 1.82. The van der Waals surface area contributed by atoms with Gasteiger partial charge in [-0.1, -0.05) is 27.7 Å². The largest absolute Gasteiger partial charge is 0.785 e. The molecule has 0 amide bonds. The summed E-state index contributed by atoms with van der Waals surface area (Å²) in [5, 5.41) is 12.1. The van der Waals surface area contributed by atoms with E-state index in [-0.39, 0.29) is 6.04 Å². The first-order chi connectivity index (χ1) is 4.54. The summed E-state index contributed by atoms with van der Waals surface area (Å²) in [6, 6.07) is 0.138. The van der Waals surface area contributed by atoms with Gasteiger partial charge < -0.3 is 10.3 Å². The summed E-state index contributed by atoms with van der Waals surface area (Å²) in [6.45, 7) is 8.79. The highest BCUT2D eigenvalue weighted by Crippen LogP contribution is 2.03. The van der Waals surface area contributed by atoms with Crippen LogP contribution >= 0.6 is 0 Å². The molecule has 0 radical (unpaired) electrons. The Morgan fingerprint density at radius 1 is 1.20 bits per heavy atom. The Hall–Kier alpha value is -0.0800. The Bertz CT molecular complexity index is 81.3. The van der Waals surface area contributed by atoms with Crippen LogP contribution in [0, 0.1) is 11.1 Å². The van der Waals surface area contributed by atoms with Gasteiger partial charge in [0.1, 0.15) is 0 Å². The highest BCUT2D eigenvalue weighted by atomic mass is 16.5. The summed E-state index contributed by atoms with van der Waals surface area (Å²) in [6.07, 6.45) is 1.00. The molecule has 0 N–H and O–H groups in total. The zero-order valence-corrected chi connectivity index (χ0v) is 7.42. The normalized spacial score (nSPS) is 12.0. The van der Waals surface area contributed by atoms with Gasteiger partial charge in [0.05, 0.1) is 0 Å². The molecule has 0 saturated heterocycles. The van der Waals surface area contributed by atoms with Crippen molar-refractivity contribution in [2.75, 3.05) is 6.54 Å². The van der Waals surface area contributed by atoms with Gasteiger partial charge in [0.15, 0.2) is 0 Å². The maximum atomic E-state index is 11.0. The van der Waals surface area contributed by atoms with E-state index in [1.165, 1.54) is 0 Å². The second-order valence-corrected chi connectivity index (χ2v) is 3.42. The van der Waals surface area contributed by atoms with E-state index >= 15 is 0 Å². The van der Waals surface area contributed by atoms with Gasteiger partial charge in [-0.2, -0.15) is 0 Å². The predicted molar refractivity (Wildman–Crippen MR) is 44.7 cm³/mol. The van der Waals surface area contributed by atoms with Crippen LogP contribution in [0.25, 0.3) is 0 Å². The summed E-state index contributed by atoms with van der Waals surface area (Å²) >= 11 is 0. The van der Waals surface area contributed by atoms with E-state index in [1.54, 1.807) is 0 Å². The molecular formula is C8H18NO-. The van der Waals surface area contributed by atoms with Crippen molar-refractivity contribution < 1.29 is 0 Å². The van der Waals surface area contributed by atoms with Crippen molar-refractivity contribution in [3.63, 3.8) is 0 Å². The maximum absolute atomic E-state index is 11.0. The SMILES string of the molecule is CC(C)CCN([O-])C(C)C. The molecule has 0 atom stereocenters. The Kier molecular flexibility index (Phi) is 4.65. The van der Waals surface area contributed by atoms with E-state index < -0.39 is 0 Å². The average molecular weight is 144 g/mol. The molecule has 2 heteroatoms. The van der Waals surface area contributed by atoms with Crippen LogP contribution in [-0.2, 0) is 0 Å². The van der Waals surface area contributed by atoms with Gasteiger partial charge in [0.25, 0.3) is 0 Å². The number of rotatable bonds is 4. The van der Waals surface area contributed by atoms with E-state index in [9.17, 15) is 5.21 Å². The molecule has 0 heterocycles. The molecule has 0 saturated carbocycles. The van der Waals surface area contributed by atoms with Crippen molar-refractivity contribution in [3.8, 4) is 0 Å². The molecule has 10 heavy (non-hydrogen) atoms. The minimum absolute atomic E-state index is 0.138. The minimum atomic E-state index is 0.138. The Morgan fingerprint density at radius 2 is 1.70 bits per heavy atom. The first-order valence-electron chi connectivity index (χ1n) is 3.97. The fourth-order valence-corrected chi connectivity index (χ4v) is 0.644. The van der Waals surface area contributed by atoms with Crippen LogP contribution in [0.15, 0.2) is 0 Å². The highest BCUT2D eigenvalue weighted by Gasteiger charge is 1.98. The summed E-state index contributed by atoms with van der Waals surface area (Å²) in [7, 11) is 0. The van der Waals surface area contributed by atoms with Crippen molar-refractivity contribution in [2.24, 2.45) is 5.92 Å². The quantitative estimate of drug-likeness (QED) is 0.566. The van der Waals surface area contributed by atoms with E-state index in [4.69, 9.17) is 0 Å². The summed E-state index contributed by atoms with van der Waals surface area (Å²) in [5.74, 6) is 0.634. The fourth-order valence-electron chi connectivity index (χ4n) is 0.644. The lowest BCUT2D eigenvalue weighted by atomic mass is 10.1. The summed E-state index contributed by atoms with van der Waals surface area (Å²) in [4.78, 5) is 0. The molecule has 0 aliphatic heterocycles. The van der Waals surface area contributed by atoms with Crippen LogP contribution in [-0.4, -0.2) is 17.6 Å². The third-order valence-corrected chi connectivity index (χ3v) is 1.50. The van der Waals surface area contributed by atoms with Crippen LogP contribution in [0.2, 0.25) is 0 Å². The molecule has 0 aromatic carbocycles. The second kappa shape index (κ2) is 4.69. The van der Waals surface area contributed by atoms with E-state index in [0.29, 0.717) is 12.5 Å². The van der Waals surface area contributed by atoms with Gasteiger partial charge in [0.2, 0.25) is 0 Å². The number of nitrogens with zero attached hydrogens (tertiary/aromatic N) is 1. The molecular weight excluding hydrogens is 126 g/mol. The van der Waals surface area contributed by atoms with Crippen molar-refractivity contribution >= 4 is 0 Å². The third-order valence-electron chi connectivity index (χ3n) is 1.50. The third kappa shape index (κ3) is 4.77. The van der Waals surface area contributed by atoms with Crippen LogP contribution < -0.4 is 0 Å². The molecule has 0 aromatic heterocycles. The first-order valence-corrected chi connectivity index (χ1v) is 3.97. The standard InChI is InChI=1S/C8H18NO/c1-7(2)5-6-9(10)8(3)4/h7-8H,5-6H2,1-4H3/q-1. The zero-order chi connectivity index (χ0) is 8.15. The molecule has 0 spiro atoms. The van der Waals surface area contributed by atoms with Gasteiger partial charge in [-0.25, -0.2) is 0 Å². The van der Waals surface area contributed by atoms with Crippen molar-refractivity contribution in [1.82, 2.24) is 5.06 Å². The molecule has 0 bridgehead atoms. The lowest BCUT2D eigenvalue weighted by Gasteiger charge is -2.32. The highest BCUT2D eigenvalue weighted by molar-refractivity contribution is 4.62. The Morgan fingerprint density at radius 3 is 2.00 bits per heavy atom. The Labute approximate surface area is 63.8 Å². The topological polar surface area (TPSA) is 26.3 Å². The molecule has 0 fully saturated rings. The number of hydrogen-bond donors (Lipinski definition) is 0. The van der Waals surface area contributed by atoms with E-state index in [2.05, 4.69) is 13.8 Å². The number of hydroxylamine groups is 2. The molecule has 0 aliphatic carbocycles. The lowest BCUT2D eigenvalue weighted by molar-refractivity contribution is 0.292. The second-order valence-electron chi connectivity index (χ2n) is 3.42. The molecule has 0 aromatic rings. The minimum Gasteiger partial charge on any atom is -0.785 e. The zero-order valence-electron chi connectivity index (χ0n) is 7.42. The summed E-state index contributed by atoms with van der Waals surface area (Å²) < 4.78 is 0. The van der Waals surface area contributed by atoms with Crippen molar-refractivity contribution in [3.05, 3.63) is 5.21 Å². The fraction of sp³-hybridized carbons (Fsp3) is 1.00. The smallest absolute Gasteiger partial charge is 0.00839 e. The van der Waals surface area contributed by atoms with Gasteiger partial charge in [0, 0.05) is 0 Å². The molecule has 2 nitrogen and oxygen atoms in total. The van der Waals surface area contributed by atoms with E-state index in [0.717, 1.165) is 11.5 Å². The van der Waals surface area contributed by atoms with Crippen LogP contribution in [0.5, 0.6) is 0 Å². The van der Waals surface area contributed by atoms with Crippen LogP contribution in [0.3, 0.4) is 0 Å². The van der Waals surface area contributed by atoms with E-state index in [1.807, 2.05) is 13.8 Å². The van der Waals surface area contributed by atoms with Crippen molar-refractivity contribution in [2.45, 2.75) is 40.2 Å². The van der Waals surface area contributed by atoms with Crippen LogP contribution in [0.4, 0.5) is 0 Å². The summed E-state index contributed by atoms with van der Waals surface area (Å²) in [5.41, 5.74) is 0. The monoisotopic (exact) mass is 144 g/mol. The maximum Gasteiger partial charge on any atom is -0.00839 e.